The van der Waals surface area contributed by atoms with Crippen LogP contribution in [0.4, 0.5) is 5.13 Å². The van der Waals surface area contributed by atoms with E-state index < -0.39 is 0 Å². The van der Waals surface area contributed by atoms with Crippen molar-refractivity contribution in [2.24, 2.45) is 0 Å². The average molecular weight is 416 g/mol. The first-order valence-electron chi connectivity index (χ1n) is 9.65. The number of ether oxygens (including phenoxy) is 2. The van der Waals surface area contributed by atoms with Crippen LogP contribution in [0, 0.1) is 6.92 Å². The summed E-state index contributed by atoms with van der Waals surface area (Å²) >= 11 is 1.54. The Labute approximate surface area is 173 Å². The topological polar surface area (TPSA) is 81.5 Å². The predicted octanol–water partition coefficient (Wildman–Crippen LogP) is 2.53. The van der Waals surface area contributed by atoms with Crippen LogP contribution in [-0.2, 0) is 9.53 Å². The molecule has 9 heteroatoms. The fraction of sp³-hybridized carbons (Fsp3) is 0.450. The van der Waals surface area contributed by atoms with Gasteiger partial charge in [-0.3, -0.25) is 4.79 Å². The highest BCUT2D eigenvalue weighted by molar-refractivity contribution is 7.22. The van der Waals surface area contributed by atoms with Crippen molar-refractivity contribution in [3.05, 3.63) is 30.0 Å². The number of carbonyl (C=O) groups is 1. The molecule has 8 nitrogen and oxygen atoms in total. The van der Waals surface area contributed by atoms with Gasteiger partial charge < -0.3 is 19.7 Å². The smallest absolute Gasteiger partial charge is 0.239 e. The Morgan fingerprint density at radius 1 is 1.41 bits per heavy atom. The Balaban J connectivity index is 1.48. The molecule has 1 saturated heterocycles. The monoisotopic (exact) mass is 415 g/mol. The molecule has 1 amide bonds. The van der Waals surface area contributed by atoms with Gasteiger partial charge in [0.15, 0.2) is 10.8 Å². The second-order valence-corrected chi connectivity index (χ2v) is 8.12. The van der Waals surface area contributed by atoms with Gasteiger partial charge in [0.2, 0.25) is 5.91 Å². The Morgan fingerprint density at radius 3 is 2.90 bits per heavy atom. The van der Waals surface area contributed by atoms with Gasteiger partial charge in [-0.1, -0.05) is 11.3 Å². The fourth-order valence-corrected chi connectivity index (χ4v) is 4.31. The summed E-state index contributed by atoms with van der Waals surface area (Å²) in [5, 5.41) is 8.36. The van der Waals surface area contributed by atoms with E-state index in [-0.39, 0.29) is 18.6 Å². The maximum absolute atomic E-state index is 12.3. The van der Waals surface area contributed by atoms with Crippen molar-refractivity contribution < 1.29 is 14.3 Å². The average Bonchev–Trinajstić information content (AvgIpc) is 3.45. The molecule has 3 aromatic rings. The van der Waals surface area contributed by atoms with Crippen LogP contribution in [0.1, 0.15) is 18.5 Å². The zero-order valence-electron chi connectivity index (χ0n) is 16.8. The maximum Gasteiger partial charge on any atom is 0.239 e. The predicted molar refractivity (Wildman–Crippen MR) is 113 cm³/mol. The van der Waals surface area contributed by atoms with Crippen LogP contribution < -0.4 is 15.0 Å². The molecule has 1 fully saturated rings. The van der Waals surface area contributed by atoms with E-state index in [0.29, 0.717) is 6.54 Å². The van der Waals surface area contributed by atoms with Crippen LogP contribution in [0.15, 0.2) is 24.3 Å². The van der Waals surface area contributed by atoms with Gasteiger partial charge in [0, 0.05) is 20.2 Å². The molecule has 1 aromatic carbocycles. The van der Waals surface area contributed by atoms with Gasteiger partial charge in [-0.05, 0) is 44.0 Å². The first kappa shape index (κ1) is 19.7. The maximum atomic E-state index is 12.3. The van der Waals surface area contributed by atoms with Crippen LogP contribution in [0.2, 0.25) is 0 Å². The highest BCUT2D eigenvalue weighted by atomic mass is 32.1. The minimum Gasteiger partial charge on any atom is -0.497 e. The van der Waals surface area contributed by atoms with E-state index in [0.717, 1.165) is 52.1 Å². The molecule has 1 atom stereocenters. The van der Waals surface area contributed by atoms with Gasteiger partial charge in [0.25, 0.3) is 0 Å². The van der Waals surface area contributed by atoms with Gasteiger partial charge >= 0.3 is 0 Å². The quantitative estimate of drug-likeness (QED) is 0.639. The lowest BCUT2D eigenvalue weighted by atomic mass is 10.2. The molecule has 1 N–H and O–H groups in total. The highest BCUT2D eigenvalue weighted by Crippen LogP contribution is 2.32. The largest absolute Gasteiger partial charge is 0.497 e. The van der Waals surface area contributed by atoms with E-state index in [4.69, 9.17) is 14.5 Å². The van der Waals surface area contributed by atoms with Gasteiger partial charge in [-0.25, -0.2) is 4.68 Å². The Bertz CT molecular complexity index is 992. The van der Waals surface area contributed by atoms with Gasteiger partial charge in [-0.2, -0.15) is 10.1 Å². The summed E-state index contributed by atoms with van der Waals surface area (Å²) < 4.78 is 13.6. The third-order valence-electron chi connectivity index (χ3n) is 4.95. The number of fused-ring (bicyclic) bond motifs is 1. The molecule has 154 valence electrons. The van der Waals surface area contributed by atoms with E-state index >= 15 is 0 Å². The molecule has 0 spiro atoms. The number of amides is 1. The summed E-state index contributed by atoms with van der Waals surface area (Å²) in [6.07, 6.45) is 2.22. The number of thiazole rings is 1. The summed E-state index contributed by atoms with van der Waals surface area (Å²) in [5.74, 6) is 0.761. The number of carbonyl (C=O) groups excluding carboxylic acids is 1. The molecule has 0 unspecified atom stereocenters. The summed E-state index contributed by atoms with van der Waals surface area (Å²) in [5.41, 5.74) is 2.62. The van der Waals surface area contributed by atoms with Crippen molar-refractivity contribution in [1.29, 1.82) is 0 Å². The van der Waals surface area contributed by atoms with Crippen molar-refractivity contribution in [3.63, 3.8) is 0 Å². The number of aromatic nitrogens is 3. The third kappa shape index (κ3) is 4.20. The van der Waals surface area contributed by atoms with Crippen molar-refractivity contribution in [2.45, 2.75) is 25.9 Å². The zero-order chi connectivity index (χ0) is 20.4. The van der Waals surface area contributed by atoms with E-state index in [2.05, 4.69) is 10.4 Å². The number of nitrogens with zero attached hydrogens (tertiary/aromatic N) is 4. The van der Waals surface area contributed by atoms with Crippen molar-refractivity contribution in [1.82, 2.24) is 20.1 Å². The molecule has 1 aliphatic heterocycles. The van der Waals surface area contributed by atoms with Crippen LogP contribution in [0.5, 0.6) is 5.75 Å². The fourth-order valence-electron chi connectivity index (χ4n) is 3.36. The Morgan fingerprint density at radius 2 is 2.21 bits per heavy atom. The lowest BCUT2D eigenvalue weighted by Crippen LogP contribution is -2.38. The third-order valence-corrected chi connectivity index (χ3v) is 6.22. The lowest BCUT2D eigenvalue weighted by Gasteiger charge is -2.16. The molecule has 2 aromatic heterocycles. The number of benzene rings is 1. The first-order chi connectivity index (χ1) is 14.0. The number of aryl methyl sites for hydroxylation is 1. The summed E-state index contributed by atoms with van der Waals surface area (Å²) in [7, 11) is 3.52. The molecular formula is C20H25N5O3S. The first-order valence-corrected chi connectivity index (χ1v) is 10.5. The van der Waals surface area contributed by atoms with Gasteiger partial charge in [-0.15, -0.1) is 0 Å². The van der Waals surface area contributed by atoms with E-state index in [1.54, 1.807) is 18.4 Å². The number of nitrogens with one attached hydrogen (secondary N) is 1. The molecule has 0 saturated carbocycles. The number of methoxy groups -OCH3 is 1. The number of likely N-dealkylation sites (N-methyl/N-ethyl adjacent to an activating group) is 1. The van der Waals surface area contributed by atoms with Crippen LogP contribution in [-0.4, -0.2) is 60.6 Å². The van der Waals surface area contributed by atoms with E-state index in [1.807, 2.05) is 47.8 Å². The number of hydrogen-bond donors (Lipinski definition) is 1. The van der Waals surface area contributed by atoms with Crippen LogP contribution >= 0.6 is 11.3 Å². The normalized spacial score (nSPS) is 16.3. The van der Waals surface area contributed by atoms with Crippen molar-refractivity contribution in [3.8, 4) is 11.4 Å². The van der Waals surface area contributed by atoms with Crippen LogP contribution in [0.25, 0.3) is 16.0 Å². The molecule has 4 rings (SSSR count). The second kappa shape index (κ2) is 8.38. The molecule has 29 heavy (non-hydrogen) atoms. The summed E-state index contributed by atoms with van der Waals surface area (Å²) in [6.45, 7) is 3.57. The molecule has 1 aliphatic rings. The van der Waals surface area contributed by atoms with E-state index in [1.165, 1.54) is 0 Å². The second-order valence-electron chi connectivity index (χ2n) is 7.14. The van der Waals surface area contributed by atoms with Crippen molar-refractivity contribution >= 4 is 32.7 Å². The highest BCUT2D eigenvalue weighted by Gasteiger charge is 2.20. The van der Waals surface area contributed by atoms with E-state index in [9.17, 15) is 4.79 Å². The Kier molecular flexibility index (Phi) is 5.68. The minimum absolute atomic E-state index is 0.0317. The number of hydrogen-bond acceptors (Lipinski definition) is 7. The standard InChI is InChI=1S/C20H25N5O3S/c1-13-18-19(25(23-13)14-6-8-15(27-3)9-7-14)22-20(29-18)24(2)12-17(26)21-11-16-5-4-10-28-16/h6-9,16H,4-5,10-12H2,1-3H3,(H,21,26)/t16-/m0/s1. The zero-order valence-corrected chi connectivity index (χ0v) is 17.7. The Hall–Kier alpha value is -2.65. The molecule has 0 aliphatic carbocycles. The lowest BCUT2D eigenvalue weighted by molar-refractivity contribution is -0.120. The molecule has 0 bridgehead atoms. The van der Waals surface area contributed by atoms with Crippen LogP contribution in [0.3, 0.4) is 0 Å². The molecule has 0 radical (unpaired) electrons. The number of anilines is 1. The van der Waals surface area contributed by atoms with Gasteiger partial charge in [0.05, 0.1) is 35.8 Å². The van der Waals surface area contributed by atoms with Crippen molar-refractivity contribution in [2.75, 3.05) is 38.8 Å². The van der Waals surface area contributed by atoms with Gasteiger partial charge in [0.1, 0.15) is 5.75 Å². The summed E-state index contributed by atoms with van der Waals surface area (Å²) in [4.78, 5) is 18.9. The summed E-state index contributed by atoms with van der Waals surface area (Å²) in [6, 6.07) is 7.70. The SMILES string of the molecule is COc1ccc(-n2nc(C)c3sc(N(C)CC(=O)NC[C@@H]4CCCO4)nc32)cc1. The minimum atomic E-state index is -0.0317. The molecular weight excluding hydrogens is 390 g/mol. The number of rotatable bonds is 7. The molecule has 3 heterocycles.